The van der Waals surface area contributed by atoms with Crippen molar-refractivity contribution in [3.05, 3.63) is 82.8 Å². The molecule has 0 saturated heterocycles. The largest absolute Gasteiger partial charge is 0.494 e. The fraction of sp³-hybridized carbons (Fsp3) is 0.407. The van der Waals surface area contributed by atoms with E-state index in [1.54, 1.807) is 36.4 Å². The van der Waals surface area contributed by atoms with Gasteiger partial charge in [-0.15, -0.1) is 6.58 Å². The van der Waals surface area contributed by atoms with Crippen molar-refractivity contribution in [1.82, 2.24) is 5.32 Å². The van der Waals surface area contributed by atoms with Crippen molar-refractivity contribution in [3.8, 4) is 5.75 Å². The first-order valence-electron chi connectivity index (χ1n) is 12.2. The van der Waals surface area contributed by atoms with E-state index in [-0.39, 0.29) is 18.9 Å². The van der Waals surface area contributed by atoms with Crippen LogP contribution >= 0.6 is 0 Å². The summed E-state index contributed by atoms with van der Waals surface area (Å²) in [7, 11) is 0. The van der Waals surface area contributed by atoms with Crippen LogP contribution < -0.4 is 10.1 Å². The molecule has 190 valence electrons. The van der Waals surface area contributed by atoms with Gasteiger partial charge in [0.05, 0.1) is 6.61 Å². The van der Waals surface area contributed by atoms with Gasteiger partial charge in [-0.1, -0.05) is 55.2 Å². The molecule has 3 rings (SSSR count). The maximum absolute atomic E-state index is 13.7. The standard InChI is InChI=1S/C27H33N5O4/c1-3-5-8-17-29-26(34)27(16-4-2)24(22-10-6-7-11-23(22)31-32-28)36-25(30-27)20-12-14-21(15-13-20)35-19-9-18-33/h4,6-7,10-15,24,33H,2-3,5,8-9,16-19H2,1H3,(H,29,34)/t24-,27-/m1/s1. The van der Waals surface area contributed by atoms with Crippen LogP contribution in [0.25, 0.3) is 10.4 Å². The summed E-state index contributed by atoms with van der Waals surface area (Å²) in [5, 5.41) is 15.8. The van der Waals surface area contributed by atoms with Crippen LogP contribution in [-0.4, -0.2) is 42.2 Å². The summed E-state index contributed by atoms with van der Waals surface area (Å²) in [6.07, 6.45) is 4.52. The Bertz CT molecular complexity index is 1110. The number of nitrogens with zero attached hydrogens (tertiary/aromatic N) is 4. The second kappa shape index (κ2) is 13.3. The molecule has 1 aliphatic rings. The third-order valence-electron chi connectivity index (χ3n) is 5.92. The number of hydrogen-bond donors (Lipinski definition) is 2. The molecule has 1 amide bonds. The number of unbranched alkanes of at least 4 members (excludes halogenated alkanes) is 2. The predicted molar refractivity (Wildman–Crippen MR) is 139 cm³/mol. The molecule has 0 bridgehead atoms. The van der Waals surface area contributed by atoms with E-state index < -0.39 is 11.6 Å². The molecule has 9 heteroatoms. The van der Waals surface area contributed by atoms with Gasteiger partial charge in [-0.25, -0.2) is 4.99 Å². The Morgan fingerprint density at radius 1 is 1.28 bits per heavy atom. The zero-order valence-electron chi connectivity index (χ0n) is 20.6. The molecule has 0 fully saturated rings. The minimum atomic E-state index is -1.32. The molecule has 1 heterocycles. The maximum Gasteiger partial charge on any atom is 0.252 e. The first-order chi connectivity index (χ1) is 17.6. The lowest BCUT2D eigenvalue weighted by Gasteiger charge is -2.30. The zero-order valence-corrected chi connectivity index (χ0v) is 20.6. The maximum atomic E-state index is 13.7. The Kier molecular flexibility index (Phi) is 9.92. The highest BCUT2D eigenvalue weighted by atomic mass is 16.5. The Morgan fingerprint density at radius 2 is 2.06 bits per heavy atom. The van der Waals surface area contributed by atoms with Gasteiger partial charge < -0.3 is 19.9 Å². The van der Waals surface area contributed by atoms with Crippen molar-refractivity contribution in [2.45, 2.75) is 50.7 Å². The average Bonchev–Trinajstić information content (AvgIpc) is 3.28. The summed E-state index contributed by atoms with van der Waals surface area (Å²) in [5.41, 5.74) is 9.41. The topological polar surface area (TPSA) is 129 Å². The fourth-order valence-electron chi connectivity index (χ4n) is 4.09. The molecular weight excluding hydrogens is 458 g/mol. The lowest BCUT2D eigenvalue weighted by Crippen LogP contribution is -2.48. The predicted octanol–water partition coefficient (Wildman–Crippen LogP) is 5.53. The number of azide groups is 1. The van der Waals surface area contributed by atoms with Gasteiger partial charge >= 0.3 is 0 Å². The summed E-state index contributed by atoms with van der Waals surface area (Å²) < 4.78 is 12.0. The average molecular weight is 492 g/mol. The van der Waals surface area contributed by atoms with Crippen molar-refractivity contribution >= 4 is 17.5 Å². The first kappa shape index (κ1) is 26.8. The third-order valence-corrected chi connectivity index (χ3v) is 5.92. The second-order valence-corrected chi connectivity index (χ2v) is 8.49. The van der Waals surface area contributed by atoms with E-state index in [2.05, 4.69) is 28.8 Å². The van der Waals surface area contributed by atoms with Crippen LogP contribution in [-0.2, 0) is 9.53 Å². The van der Waals surface area contributed by atoms with Crippen molar-refractivity contribution < 1.29 is 19.4 Å². The van der Waals surface area contributed by atoms with Gasteiger partial charge in [0.15, 0.2) is 11.6 Å². The molecule has 0 saturated carbocycles. The fourth-order valence-corrected chi connectivity index (χ4v) is 4.09. The number of aliphatic imine (C=N–C) groups is 1. The molecule has 0 spiro atoms. The normalized spacial score (nSPS) is 18.5. The van der Waals surface area contributed by atoms with Crippen molar-refractivity contribution in [2.24, 2.45) is 10.1 Å². The number of amides is 1. The Balaban J connectivity index is 2.00. The molecule has 0 unspecified atom stereocenters. The number of rotatable bonds is 14. The van der Waals surface area contributed by atoms with E-state index in [0.717, 1.165) is 19.3 Å². The molecular formula is C27H33N5O4. The van der Waals surface area contributed by atoms with Gasteiger partial charge in [0.1, 0.15) is 5.75 Å². The summed E-state index contributed by atoms with van der Waals surface area (Å²) in [6.45, 7) is 6.98. The second-order valence-electron chi connectivity index (χ2n) is 8.49. The molecule has 36 heavy (non-hydrogen) atoms. The van der Waals surface area contributed by atoms with E-state index in [1.807, 2.05) is 18.2 Å². The molecule has 2 atom stereocenters. The molecule has 0 aliphatic carbocycles. The number of ether oxygens (including phenoxy) is 2. The van der Waals surface area contributed by atoms with E-state index in [0.29, 0.717) is 48.0 Å². The van der Waals surface area contributed by atoms with E-state index >= 15 is 0 Å². The summed E-state index contributed by atoms with van der Waals surface area (Å²) >= 11 is 0. The number of aliphatic hydroxyl groups is 1. The third kappa shape index (κ3) is 6.24. The van der Waals surface area contributed by atoms with Crippen LogP contribution in [0.5, 0.6) is 5.75 Å². The summed E-state index contributed by atoms with van der Waals surface area (Å²) in [6, 6.07) is 14.3. The number of carbonyl (C=O) groups is 1. The lowest BCUT2D eigenvalue weighted by molar-refractivity contribution is -0.128. The number of aliphatic hydroxyl groups excluding tert-OH is 1. The van der Waals surface area contributed by atoms with Crippen molar-refractivity contribution in [3.63, 3.8) is 0 Å². The SMILES string of the molecule is C=CC[C@@]1(C(=O)NCCCCC)N=C(c2ccc(OCCCO)cc2)O[C@@H]1c1ccccc1N=[N+]=[N-]. The minimum absolute atomic E-state index is 0.0628. The van der Waals surface area contributed by atoms with Gasteiger partial charge in [0.25, 0.3) is 5.91 Å². The number of nitrogens with one attached hydrogen (secondary N) is 1. The molecule has 0 radical (unpaired) electrons. The Labute approximate surface area is 211 Å². The lowest BCUT2D eigenvalue weighted by atomic mass is 9.84. The smallest absolute Gasteiger partial charge is 0.252 e. The van der Waals surface area contributed by atoms with E-state index in [1.165, 1.54) is 0 Å². The minimum Gasteiger partial charge on any atom is -0.494 e. The van der Waals surface area contributed by atoms with Crippen molar-refractivity contribution in [2.75, 3.05) is 19.8 Å². The first-order valence-corrected chi connectivity index (χ1v) is 12.2. The summed E-state index contributed by atoms with van der Waals surface area (Å²) in [5.74, 6) is 0.698. The molecule has 2 aromatic carbocycles. The van der Waals surface area contributed by atoms with Gasteiger partial charge in [-0.05, 0) is 36.2 Å². The Morgan fingerprint density at radius 3 is 2.75 bits per heavy atom. The molecule has 0 aromatic heterocycles. The zero-order chi connectivity index (χ0) is 25.8. The quantitative estimate of drug-likeness (QED) is 0.118. The van der Waals surface area contributed by atoms with Crippen molar-refractivity contribution in [1.29, 1.82) is 0 Å². The van der Waals surface area contributed by atoms with Crippen LogP contribution in [0.3, 0.4) is 0 Å². The Hall–Kier alpha value is -3.81. The highest BCUT2D eigenvalue weighted by molar-refractivity contribution is 6.01. The summed E-state index contributed by atoms with van der Waals surface area (Å²) in [4.78, 5) is 21.5. The molecule has 2 N–H and O–H groups in total. The van der Waals surface area contributed by atoms with Crippen LogP contribution in [0.1, 0.15) is 56.3 Å². The molecule has 2 aromatic rings. The monoisotopic (exact) mass is 491 g/mol. The number of hydrogen-bond acceptors (Lipinski definition) is 6. The van der Waals surface area contributed by atoms with Crippen LogP contribution in [0.4, 0.5) is 5.69 Å². The molecule has 9 nitrogen and oxygen atoms in total. The number of benzene rings is 2. The molecule has 1 aliphatic heterocycles. The van der Waals surface area contributed by atoms with Gasteiger partial charge in [0, 0.05) is 47.7 Å². The van der Waals surface area contributed by atoms with Gasteiger partial charge in [-0.2, -0.15) is 0 Å². The van der Waals surface area contributed by atoms with Gasteiger partial charge in [0.2, 0.25) is 5.90 Å². The van der Waals surface area contributed by atoms with Crippen LogP contribution in [0.2, 0.25) is 0 Å². The highest BCUT2D eigenvalue weighted by Crippen LogP contribution is 2.45. The highest BCUT2D eigenvalue weighted by Gasteiger charge is 2.52. The van der Waals surface area contributed by atoms with Gasteiger partial charge in [-0.3, -0.25) is 4.79 Å². The van der Waals surface area contributed by atoms with Crippen LogP contribution in [0, 0.1) is 0 Å². The van der Waals surface area contributed by atoms with E-state index in [9.17, 15) is 4.79 Å². The number of carbonyl (C=O) groups excluding carboxylic acids is 1. The van der Waals surface area contributed by atoms with Crippen LogP contribution in [0.15, 0.2) is 71.3 Å². The van der Waals surface area contributed by atoms with E-state index in [4.69, 9.17) is 25.1 Å².